The van der Waals surface area contributed by atoms with Crippen molar-refractivity contribution in [1.29, 1.82) is 0 Å². The average molecular weight is 570 g/mol. The number of ether oxygens (including phenoxy) is 2. The van der Waals surface area contributed by atoms with Crippen molar-refractivity contribution in [1.82, 2.24) is 14.8 Å². The van der Waals surface area contributed by atoms with Crippen LogP contribution in [0, 0.1) is 5.92 Å². The van der Waals surface area contributed by atoms with Crippen LogP contribution in [0.4, 0.5) is 4.79 Å². The Morgan fingerprint density at radius 1 is 1.07 bits per heavy atom. The molecule has 1 aromatic heterocycles. The molecule has 4 aliphatic heterocycles. The first-order valence-electron chi connectivity index (χ1n) is 14.6. The summed E-state index contributed by atoms with van der Waals surface area (Å²) in [5, 5.41) is 3.46. The first-order valence-corrected chi connectivity index (χ1v) is 14.6. The van der Waals surface area contributed by atoms with Gasteiger partial charge < -0.3 is 19.7 Å². The number of ketones is 1. The molecule has 1 N–H and O–H groups in total. The van der Waals surface area contributed by atoms with E-state index in [0.29, 0.717) is 54.8 Å². The number of amides is 2. The second-order valence-electron chi connectivity index (χ2n) is 13.7. The molecule has 2 bridgehead atoms. The number of piperazine rings is 1. The van der Waals surface area contributed by atoms with Crippen molar-refractivity contribution >= 4 is 34.6 Å². The number of aromatic nitrogens is 1. The van der Waals surface area contributed by atoms with Crippen LogP contribution in [0.15, 0.2) is 48.5 Å². The Morgan fingerprint density at radius 2 is 1.81 bits per heavy atom. The number of benzene rings is 2. The number of hydrogen-bond acceptors (Lipinski definition) is 6. The molecule has 1 unspecified atom stereocenters. The molecule has 0 radical (unpaired) electrons. The maximum Gasteiger partial charge on any atom is 0.419 e. The SMILES string of the molecule is CC(C)(C)OC(=O)n1c2c(c3ccc(OCc4ccccc4)cc31)C(=O)[C@@]13NC(=O)C4(CCCN4C1=O)C[C@H]3C2(C)C. The van der Waals surface area contributed by atoms with Crippen LogP contribution in [0.25, 0.3) is 10.9 Å². The molecule has 4 saturated heterocycles. The molecule has 5 heterocycles. The third-order valence-electron chi connectivity index (χ3n) is 9.70. The summed E-state index contributed by atoms with van der Waals surface area (Å²) in [6, 6.07) is 15.0. The van der Waals surface area contributed by atoms with Gasteiger partial charge in [-0.1, -0.05) is 44.2 Å². The third-order valence-corrected chi connectivity index (χ3v) is 9.70. The van der Waals surface area contributed by atoms with Gasteiger partial charge in [0.25, 0.3) is 5.91 Å². The number of Topliss-reactive ketones (excluding diaryl/α,β-unsaturated/α-hetero) is 1. The number of nitrogens with one attached hydrogen (secondary N) is 1. The van der Waals surface area contributed by atoms with Crippen LogP contribution < -0.4 is 10.1 Å². The molecule has 3 atom stereocenters. The van der Waals surface area contributed by atoms with Crippen LogP contribution in [0.5, 0.6) is 5.75 Å². The van der Waals surface area contributed by atoms with Gasteiger partial charge in [-0.2, -0.15) is 0 Å². The number of nitrogens with zero attached hydrogens (tertiary/aromatic N) is 2. The van der Waals surface area contributed by atoms with Crippen LogP contribution in [0.1, 0.15) is 75.5 Å². The molecule has 0 saturated carbocycles. The lowest BCUT2D eigenvalue weighted by Crippen LogP contribution is -2.86. The number of carbonyl (C=O) groups excluding carboxylic acids is 4. The summed E-state index contributed by atoms with van der Waals surface area (Å²) in [5.74, 6) is -1.07. The van der Waals surface area contributed by atoms with Crippen molar-refractivity contribution < 1.29 is 28.7 Å². The molecule has 1 aliphatic carbocycles. The highest BCUT2D eigenvalue weighted by Crippen LogP contribution is 2.59. The molecular formula is C33H35N3O6. The smallest absolute Gasteiger partial charge is 0.419 e. The molecule has 2 amide bonds. The molecule has 2 spiro atoms. The van der Waals surface area contributed by atoms with Crippen LogP contribution in [0.3, 0.4) is 0 Å². The van der Waals surface area contributed by atoms with Crippen LogP contribution in [-0.2, 0) is 26.3 Å². The van der Waals surface area contributed by atoms with Gasteiger partial charge >= 0.3 is 6.09 Å². The van der Waals surface area contributed by atoms with E-state index in [1.54, 1.807) is 43.9 Å². The third kappa shape index (κ3) is 3.36. The fraction of sp³-hybridized carbons (Fsp3) is 0.455. The summed E-state index contributed by atoms with van der Waals surface area (Å²) in [5.41, 5.74) is -2.09. The van der Waals surface area contributed by atoms with Crippen molar-refractivity contribution in [3.63, 3.8) is 0 Å². The standard InChI is InChI=1S/C33H35N3O6/c1-30(2,3)42-29(40)36-22-16-20(41-18-19-10-7-6-8-11-19)12-13-21(22)24-25(36)31(4,5)23-17-32-14-9-15-35(32)28(39)33(23,26(24)37)34-27(32)38/h6-8,10-13,16,23H,9,14-15,17-18H2,1-5H3,(H,34,38)/t23-,32?,33+/m0/s1. The monoisotopic (exact) mass is 569 g/mol. The zero-order valence-electron chi connectivity index (χ0n) is 24.6. The lowest BCUT2D eigenvalue weighted by molar-refractivity contribution is -0.174. The summed E-state index contributed by atoms with van der Waals surface area (Å²) in [6.07, 6.45) is 1.03. The van der Waals surface area contributed by atoms with Crippen LogP contribution in [0.2, 0.25) is 0 Å². The van der Waals surface area contributed by atoms with Crippen molar-refractivity contribution in [3.8, 4) is 5.75 Å². The number of piperidine rings is 2. The minimum Gasteiger partial charge on any atom is -0.489 e. The molecule has 5 aliphatic rings. The summed E-state index contributed by atoms with van der Waals surface area (Å²) < 4.78 is 13.5. The Hall–Kier alpha value is -4.14. The van der Waals surface area contributed by atoms with Gasteiger partial charge in [0, 0.05) is 35.0 Å². The zero-order valence-corrected chi connectivity index (χ0v) is 24.6. The fourth-order valence-corrected chi connectivity index (χ4v) is 7.91. The Kier molecular flexibility index (Phi) is 5.38. The Labute approximate surface area is 244 Å². The molecule has 9 nitrogen and oxygen atoms in total. The molecule has 9 heteroatoms. The molecule has 2 aromatic carbocycles. The van der Waals surface area contributed by atoms with E-state index >= 15 is 0 Å². The Bertz CT molecular complexity index is 1700. The minimum atomic E-state index is -1.71. The summed E-state index contributed by atoms with van der Waals surface area (Å²) in [6.45, 7) is 10.1. The number of fused-ring (bicyclic) bond motifs is 4. The van der Waals surface area contributed by atoms with Gasteiger partial charge in [-0.25, -0.2) is 9.36 Å². The lowest BCUT2D eigenvalue weighted by atomic mass is 9.51. The highest BCUT2D eigenvalue weighted by atomic mass is 16.6. The van der Waals surface area contributed by atoms with Crippen molar-refractivity contribution in [3.05, 3.63) is 65.4 Å². The fourth-order valence-electron chi connectivity index (χ4n) is 7.91. The quantitative estimate of drug-likeness (QED) is 0.457. The molecule has 8 rings (SSSR count). The van der Waals surface area contributed by atoms with Crippen LogP contribution >= 0.6 is 0 Å². The Morgan fingerprint density at radius 3 is 2.52 bits per heavy atom. The van der Waals surface area contributed by atoms with E-state index in [1.165, 1.54) is 4.57 Å². The summed E-state index contributed by atoms with van der Waals surface area (Å²) in [4.78, 5) is 58.0. The van der Waals surface area contributed by atoms with E-state index in [4.69, 9.17) is 9.47 Å². The largest absolute Gasteiger partial charge is 0.489 e. The van der Waals surface area contributed by atoms with Crippen molar-refractivity contribution in [2.45, 2.75) is 82.6 Å². The topological polar surface area (TPSA) is 107 Å². The van der Waals surface area contributed by atoms with E-state index in [2.05, 4.69) is 5.32 Å². The Balaban J connectivity index is 1.44. The molecule has 3 aromatic rings. The normalized spacial score (nSPS) is 27.4. The predicted octanol–water partition coefficient (Wildman–Crippen LogP) is 4.73. The summed E-state index contributed by atoms with van der Waals surface area (Å²) >= 11 is 0. The van der Waals surface area contributed by atoms with Gasteiger partial charge in [-0.15, -0.1) is 0 Å². The van der Waals surface area contributed by atoms with Gasteiger partial charge in [0.05, 0.1) is 11.1 Å². The summed E-state index contributed by atoms with van der Waals surface area (Å²) in [7, 11) is 0. The van der Waals surface area contributed by atoms with E-state index in [-0.39, 0.29) is 17.4 Å². The van der Waals surface area contributed by atoms with Gasteiger partial charge in [-0.3, -0.25) is 14.4 Å². The predicted molar refractivity (Wildman–Crippen MR) is 154 cm³/mol. The maximum atomic E-state index is 14.7. The average Bonchev–Trinajstić information content (AvgIpc) is 3.52. The maximum absolute atomic E-state index is 14.7. The van der Waals surface area contributed by atoms with Gasteiger partial charge in [0.15, 0.2) is 5.54 Å². The second-order valence-corrected chi connectivity index (χ2v) is 13.7. The number of rotatable bonds is 3. The highest BCUT2D eigenvalue weighted by Gasteiger charge is 2.76. The van der Waals surface area contributed by atoms with E-state index < -0.39 is 39.9 Å². The van der Waals surface area contributed by atoms with Gasteiger partial charge in [0.2, 0.25) is 11.7 Å². The van der Waals surface area contributed by atoms with Crippen LogP contribution in [-0.4, -0.2) is 56.4 Å². The van der Waals surface area contributed by atoms with E-state index in [1.807, 2.05) is 44.2 Å². The first-order chi connectivity index (χ1) is 19.8. The van der Waals surface area contributed by atoms with Crippen molar-refractivity contribution in [2.75, 3.05) is 6.54 Å². The first kappa shape index (κ1) is 26.7. The minimum absolute atomic E-state index is 0.254. The van der Waals surface area contributed by atoms with Crippen molar-refractivity contribution in [2.24, 2.45) is 5.92 Å². The number of carbonyl (C=O) groups is 4. The molecule has 4 fully saturated rings. The second kappa shape index (κ2) is 8.46. The zero-order chi connectivity index (χ0) is 29.8. The molecular weight excluding hydrogens is 534 g/mol. The number of hydrogen-bond donors (Lipinski definition) is 1. The van der Waals surface area contributed by atoms with E-state index in [9.17, 15) is 19.2 Å². The lowest BCUT2D eigenvalue weighted by Gasteiger charge is -2.63. The van der Waals surface area contributed by atoms with Gasteiger partial charge in [-0.05, 0) is 57.7 Å². The van der Waals surface area contributed by atoms with E-state index in [0.717, 1.165) is 5.56 Å². The molecule has 42 heavy (non-hydrogen) atoms. The van der Waals surface area contributed by atoms with Gasteiger partial charge in [0.1, 0.15) is 23.5 Å². The highest BCUT2D eigenvalue weighted by molar-refractivity contribution is 6.29. The molecule has 218 valence electrons.